The second-order valence-electron chi connectivity index (χ2n) is 7.09. The van der Waals surface area contributed by atoms with Crippen molar-refractivity contribution in [2.45, 2.75) is 12.5 Å². The highest BCUT2D eigenvalue weighted by Crippen LogP contribution is 2.48. The van der Waals surface area contributed by atoms with E-state index in [4.69, 9.17) is 19.6 Å². The number of aromatic hydroxyl groups is 1. The summed E-state index contributed by atoms with van der Waals surface area (Å²) in [5, 5.41) is 9.95. The molecule has 7 nitrogen and oxygen atoms in total. The van der Waals surface area contributed by atoms with E-state index >= 15 is 0 Å². The smallest absolute Gasteiger partial charge is 0.306 e. The highest BCUT2D eigenvalue weighted by molar-refractivity contribution is 5.62. The number of nitrogen functional groups attached to an aromatic ring is 1. The van der Waals surface area contributed by atoms with E-state index in [9.17, 15) is 5.11 Å². The summed E-state index contributed by atoms with van der Waals surface area (Å²) in [4.78, 5) is 4.51. The zero-order valence-electron chi connectivity index (χ0n) is 16.3. The number of phenolic OH excluding ortho intramolecular Hbond substituents is 1. The lowest BCUT2D eigenvalue weighted by Gasteiger charge is -2.27. The van der Waals surface area contributed by atoms with Gasteiger partial charge in [-0.25, -0.2) is 4.57 Å². The van der Waals surface area contributed by atoms with Crippen molar-refractivity contribution in [1.29, 1.82) is 0 Å². The lowest BCUT2D eigenvalue weighted by molar-refractivity contribution is -0.679. The molecule has 1 atom stereocenters. The van der Waals surface area contributed by atoms with Gasteiger partial charge in [0, 0.05) is 11.6 Å². The Balaban J connectivity index is 1.68. The van der Waals surface area contributed by atoms with Crippen molar-refractivity contribution in [3.63, 3.8) is 0 Å². The van der Waals surface area contributed by atoms with Gasteiger partial charge in [0.15, 0.2) is 0 Å². The molecule has 0 unspecified atom stereocenters. The van der Waals surface area contributed by atoms with Crippen LogP contribution in [0.25, 0.3) is 0 Å². The van der Waals surface area contributed by atoms with Crippen LogP contribution < -0.4 is 19.8 Å². The number of rotatable bonds is 4. The van der Waals surface area contributed by atoms with Crippen LogP contribution in [0.2, 0.25) is 0 Å². The molecular weight excluding hydrogens is 382 g/mol. The first-order valence-electron chi connectivity index (χ1n) is 9.49. The minimum Gasteiger partial charge on any atom is -0.508 e. The Morgan fingerprint density at radius 1 is 1.17 bits per heavy atom. The molecule has 1 aliphatic rings. The Morgan fingerprint density at radius 3 is 2.73 bits per heavy atom. The summed E-state index contributed by atoms with van der Waals surface area (Å²) in [6.45, 7) is 0.455. The number of anilines is 1. The van der Waals surface area contributed by atoms with Crippen LogP contribution in [0.5, 0.6) is 23.1 Å². The quantitative estimate of drug-likeness (QED) is 0.446. The molecular formula is C23H20N3O4+. The van der Waals surface area contributed by atoms with Gasteiger partial charge in [-0.15, -0.1) is 0 Å². The molecule has 3 heterocycles. The lowest BCUT2D eigenvalue weighted by atomic mass is 9.83. The van der Waals surface area contributed by atoms with Crippen LogP contribution in [0.3, 0.4) is 0 Å². The fraction of sp³-hybridized carbons (Fsp3) is 0.130. The number of benzene rings is 2. The first-order valence-corrected chi connectivity index (χ1v) is 9.49. The number of ether oxygens (including phenoxy) is 2. The van der Waals surface area contributed by atoms with Crippen molar-refractivity contribution in [2.75, 3.05) is 12.8 Å². The van der Waals surface area contributed by atoms with Crippen LogP contribution in [-0.4, -0.2) is 17.2 Å². The Bertz CT molecular complexity index is 1200. The zero-order valence-corrected chi connectivity index (χ0v) is 16.3. The summed E-state index contributed by atoms with van der Waals surface area (Å²) < 4.78 is 18.6. The number of nitrogens with zero attached hydrogens (tertiary/aromatic N) is 2. The van der Waals surface area contributed by atoms with Gasteiger partial charge in [0.2, 0.25) is 12.1 Å². The van der Waals surface area contributed by atoms with Crippen LogP contribution in [0, 0.1) is 0 Å². The molecule has 0 aliphatic carbocycles. The molecule has 0 fully saturated rings. The molecule has 3 N–H and O–H groups in total. The van der Waals surface area contributed by atoms with E-state index in [0.717, 1.165) is 28.2 Å². The summed E-state index contributed by atoms with van der Waals surface area (Å²) in [5.41, 5.74) is 9.30. The van der Waals surface area contributed by atoms with Crippen molar-refractivity contribution >= 4 is 5.82 Å². The SMILES string of the molecule is COc1ccc([C@H]2c3ccc(O)cc3Oc3nc[n+](Cc4ccco4)c(N)c32)cc1. The standard InChI is InChI=1S/C23H19N3O4/c1-28-16-7-4-14(5-8-16)20-18-9-6-15(27)11-19(18)30-23-21(20)22(24)26(13-25-23)12-17-3-2-10-29-17/h2-11,13,20,24,27H,12H2,1H3/p+1/t20-/m0/s1. The van der Waals surface area contributed by atoms with Crippen molar-refractivity contribution in [3.8, 4) is 23.1 Å². The second kappa shape index (κ2) is 7.11. The van der Waals surface area contributed by atoms with Crippen molar-refractivity contribution in [2.24, 2.45) is 0 Å². The van der Waals surface area contributed by atoms with Crippen molar-refractivity contribution in [3.05, 3.63) is 89.6 Å². The number of hydrogen-bond donors (Lipinski definition) is 2. The highest BCUT2D eigenvalue weighted by atomic mass is 16.5. The van der Waals surface area contributed by atoms with Crippen molar-refractivity contribution < 1.29 is 23.6 Å². The third-order valence-corrected chi connectivity index (χ3v) is 5.29. The van der Waals surface area contributed by atoms with Gasteiger partial charge in [0.25, 0.3) is 0 Å². The maximum absolute atomic E-state index is 9.95. The molecule has 2 aromatic carbocycles. The van der Waals surface area contributed by atoms with Crippen LogP contribution in [-0.2, 0) is 6.54 Å². The van der Waals surface area contributed by atoms with Gasteiger partial charge in [0.1, 0.15) is 35.1 Å². The Hall–Kier alpha value is -4.00. The lowest BCUT2D eigenvalue weighted by Crippen LogP contribution is -2.40. The van der Waals surface area contributed by atoms with E-state index in [-0.39, 0.29) is 11.7 Å². The van der Waals surface area contributed by atoms with Gasteiger partial charge >= 0.3 is 5.88 Å². The van der Waals surface area contributed by atoms with E-state index in [2.05, 4.69) is 4.98 Å². The molecule has 0 saturated carbocycles. The monoisotopic (exact) mass is 402 g/mol. The number of furan rings is 1. The predicted octanol–water partition coefficient (Wildman–Crippen LogP) is 3.59. The summed E-state index contributed by atoms with van der Waals surface area (Å²) in [7, 11) is 1.64. The molecule has 30 heavy (non-hydrogen) atoms. The van der Waals surface area contributed by atoms with Crippen LogP contribution in [0.1, 0.15) is 28.4 Å². The van der Waals surface area contributed by atoms with E-state index in [1.807, 2.05) is 47.0 Å². The van der Waals surface area contributed by atoms with Crippen LogP contribution >= 0.6 is 0 Å². The maximum atomic E-state index is 9.95. The van der Waals surface area contributed by atoms with Gasteiger partial charge in [-0.2, -0.15) is 0 Å². The third kappa shape index (κ3) is 3.00. The second-order valence-corrected chi connectivity index (χ2v) is 7.09. The number of hydrogen-bond acceptors (Lipinski definition) is 6. The molecule has 2 aromatic heterocycles. The van der Waals surface area contributed by atoms with Crippen LogP contribution in [0.15, 0.2) is 71.6 Å². The average molecular weight is 402 g/mol. The minimum absolute atomic E-state index is 0.127. The number of phenols is 1. The number of aromatic nitrogens is 2. The average Bonchev–Trinajstić information content (AvgIpc) is 3.27. The van der Waals surface area contributed by atoms with E-state index in [1.54, 1.807) is 31.8 Å². The first-order chi connectivity index (χ1) is 14.6. The number of nitrogens with two attached hydrogens (primary N) is 1. The maximum Gasteiger partial charge on any atom is 0.306 e. The van der Waals surface area contributed by atoms with Gasteiger partial charge < -0.3 is 24.7 Å². The summed E-state index contributed by atoms with van der Waals surface area (Å²) >= 11 is 0. The molecule has 0 radical (unpaired) electrons. The molecule has 0 saturated heterocycles. The third-order valence-electron chi connectivity index (χ3n) is 5.29. The number of methoxy groups -OCH3 is 1. The topological polar surface area (TPSA) is 94.6 Å². The molecule has 0 spiro atoms. The number of fused-ring (bicyclic) bond motifs is 2. The van der Waals surface area contributed by atoms with Gasteiger partial charge in [0.05, 0.1) is 19.3 Å². The Kier molecular flexibility index (Phi) is 4.28. The molecule has 150 valence electrons. The fourth-order valence-electron chi connectivity index (χ4n) is 3.82. The predicted molar refractivity (Wildman–Crippen MR) is 109 cm³/mol. The Labute approximate surface area is 172 Å². The zero-order chi connectivity index (χ0) is 20.7. The van der Waals surface area contributed by atoms with Gasteiger partial charge in [-0.05, 0) is 35.9 Å². The van der Waals surface area contributed by atoms with Crippen molar-refractivity contribution in [1.82, 2.24) is 4.98 Å². The van der Waals surface area contributed by atoms with E-state index in [1.165, 1.54) is 0 Å². The minimum atomic E-state index is -0.216. The summed E-state index contributed by atoms with van der Waals surface area (Å²) in [5.74, 6) is 2.96. The van der Waals surface area contributed by atoms with E-state index in [0.29, 0.717) is 24.0 Å². The molecule has 0 amide bonds. The highest BCUT2D eigenvalue weighted by Gasteiger charge is 2.36. The largest absolute Gasteiger partial charge is 0.508 e. The van der Waals surface area contributed by atoms with Gasteiger partial charge in [-0.3, -0.25) is 0 Å². The molecule has 5 rings (SSSR count). The molecule has 7 heteroatoms. The van der Waals surface area contributed by atoms with E-state index < -0.39 is 0 Å². The summed E-state index contributed by atoms with van der Waals surface area (Å²) in [6, 6.07) is 16.6. The Morgan fingerprint density at radius 2 is 2.00 bits per heavy atom. The molecule has 1 aliphatic heterocycles. The molecule has 4 aromatic rings. The fourth-order valence-corrected chi connectivity index (χ4v) is 3.82. The summed E-state index contributed by atoms with van der Waals surface area (Å²) in [6.07, 6.45) is 3.26. The normalized spacial score (nSPS) is 14.5. The van der Waals surface area contributed by atoms with Crippen LogP contribution in [0.4, 0.5) is 5.82 Å². The molecule has 0 bridgehead atoms. The first kappa shape index (κ1) is 18.1. The van der Waals surface area contributed by atoms with Gasteiger partial charge in [-0.1, -0.05) is 23.2 Å².